The molecule has 58 heavy (non-hydrogen) atoms. The summed E-state index contributed by atoms with van der Waals surface area (Å²) in [7, 11) is 0. The van der Waals surface area contributed by atoms with Crippen molar-refractivity contribution in [2.45, 2.75) is 33.9 Å². The Balaban J connectivity index is 0.000000306. The van der Waals surface area contributed by atoms with Crippen molar-refractivity contribution in [1.82, 2.24) is 9.78 Å². The number of benzene rings is 3. The first-order valence-electron chi connectivity index (χ1n) is 16.0. The van der Waals surface area contributed by atoms with Crippen molar-refractivity contribution in [3.05, 3.63) is 114 Å². The number of hydrogen-bond donors (Lipinski definition) is 2. The Morgan fingerprint density at radius 2 is 1.17 bits per heavy atom. The molecule has 0 radical (unpaired) electrons. The zero-order chi connectivity index (χ0) is 43.9. The van der Waals surface area contributed by atoms with Gasteiger partial charge in [-0.3, -0.25) is 19.9 Å². The number of aryl methyl sites for hydroxylation is 1. The molecule has 0 aliphatic rings. The second-order valence-corrected chi connectivity index (χ2v) is 12.1. The normalized spacial score (nSPS) is 10.7. The summed E-state index contributed by atoms with van der Waals surface area (Å²) in [4.78, 5) is 59.2. The fraction of sp³-hybridized carbons (Fsp3) is 0.229. The van der Waals surface area contributed by atoms with E-state index in [-0.39, 0.29) is 69.2 Å². The molecule has 0 fully saturated rings. The van der Waals surface area contributed by atoms with Crippen LogP contribution >= 0.6 is 46.6 Å². The first-order chi connectivity index (χ1) is 27.2. The van der Waals surface area contributed by atoms with Crippen molar-refractivity contribution in [1.29, 1.82) is 0 Å². The van der Waals surface area contributed by atoms with Crippen LogP contribution in [0.3, 0.4) is 0 Å². The van der Waals surface area contributed by atoms with Gasteiger partial charge in [-0.1, -0.05) is 34.8 Å². The number of hydrazone groups is 1. The van der Waals surface area contributed by atoms with Gasteiger partial charge >= 0.3 is 24.1 Å². The minimum absolute atomic E-state index is 0.0124. The Morgan fingerprint density at radius 1 is 0.741 bits per heavy atom. The third-order valence-electron chi connectivity index (χ3n) is 6.55. The van der Waals surface area contributed by atoms with Crippen molar-refractivity contribution >= 4 is 87.9 Å². The Hall–Kier alpha value is -5.37. The van der Waals surface area contributed by atoms with Gasteiger partial charge in [0.2, 0.25) is 0 Å². The lowest BCUT2D eigenvalue weighted by Gasteiger charge is -2.10. The van der Waals surface area contributed by atoms with Crippen LogP contribution in [0.1, 0.15) is 57.4 Å². The van der Waals surface area contributed by atoms with Gasteiger partial charge in [-0.15, -0.1) is 0 Å². The predicted molar refractivity (Wildman–Crippen MR) is 203 cm³/mol. The molecule has 23 heteroatoms. The highest BCUT2D eigenvalue weighted by Gasteiger charge is 2.37. The summed E-state index contributed by atoms with van der Waals surface area (Å²) in [6.45, 7) is 6.97. The third kappa shape index (κ3) is 13.9. The van der Waals surface area contributed by atoms with E-state index in [1.165, 1.54) is 18.3 Å². The van der Waals surface area contributed by atoms with Gasteiger partial charge in [0, 0.05) is 17.8 Å². The van der Waals surface area contributed by atoms with E-state index >= 15 is 0 Å². The average Bonchev–Trinajstić information content (AvgIpc) is 3.13. The van der Waals surface area contributed by atoms with Crippen molar-refractivity contribution in [2.75, 3.05) is 30.1 Å². The molecule has 0 saturated heterocycles. The number of carbonyl (C=O) groups excluding carboxylic acids is 4. The molecule has 0 unspecified atom stereocenters. The van der Waals surface area contributed by atoms with E-state index in [2.05, 4.69) is 19.8 Å². The Labute approximate surface area is 344 Å². The summed E-state index contributed by atoms with van der Waals surface area (Å²) >= 11 is 22.4. The molecule has 0 amide bonds. The number of anilines is 2. The number of aromatic nitrogens is 2. The lowest BCUT2D eigenvalue weighted by atomic mass is 10.2. The van der Waals surface area contributed by atoms with Crippen LogP contribution in [0.2, 0.25) is 15.1 Å². The molecule has 1 heterocycles. The molecule has 2 N–H and O–H groups in total. The standard InChI is InChI=1S/C14H12ClFN2O3.C12H9ClF4N2O3.C9H8Cl2FNO2/c1-3-21-14(20)9-5-12(11(16)6-10(9)15)18-13(19)4-8(2)7-17-18;1-2-22-11(21)6-3-9(8(14)4-7(6)13)19-18-5-10(20)12(15,16)17;1-2-15-9(14)5-3-8(13-11)7(12)4-6(5)10/h4-7H,3H2,1-2H3;3-5,19H,2H2,1H3;3-4,13H,2H2,1H3/b;18-5-;. The number of nitrogens with zero attached hydrogens (tertiary/aromatic N) is 3. The molecule has 0 saturated carbocycles. The first-order valence-corrected chi connectivity index (χ1v) is 17.5. The number of rotatable bonds is 11. The molecule has 1 aromatic heterocycles. The van der Waals surface area contributed by atoms with Gasteiger partial charge in [0.1, 0.15) is 17.3 Å². The second kappa shape index (κ2) is 22.5. The maximum absolute atomic E-state index is 14.0. The number of nitrogens with one attached hydrogen (secondary N) is 2. The summed E-state index contributed by atoms with van der Waals surface area (Å²) in [6.07, 6.45) is -3.72. The highest BCUT2D eigenvalue weighted by atomic mass is 35.5. The molecular weight excluding hydrogens is 874 g/mol. The predicted octanol–water partition coefficient (Wildman–Crippen LogP) is 8.92. The van der Waals surface area contributed by atoms with Gasteiger partial charge in [0.25, 0.3) is 11.3 Å². The van der Waals surface area contributed by atoms with Gasteiger partial charge in [0.15, 0.2) is 5.82 Å². The lowest BCUT2D eigenvalue weighted by Crippen LogP contribution is -2.24. The van der Waals surface area contributed by atoms with Gasteiger partial charge in [-0.25, -0.2) is 27.6 Å². The Kier molecular flexibility index (Phi) is 19.0. The van der Waals surface area contributed by atoms with Crippen LogP contribution in [0.15, 0.2) is 58.6 Å². The summed E-state index contributed by atoms with van der Waals surface area (Å²) < 4.78 is 91.6. The topological polar surface area (TPSA) is 167 Å². The van der Waals surface area contributed by atoms with Crippen LogP contribution in [0, 0.1) is 24.4 Å². The van der Waals surface area contributed by atoms with Gasteiger partial charge in [-0.2, -0.15) is 28.1 Å². The smallest absolute Gasteiger partial charge is 0.455 e. The van der Waals surface area contributed by atoms with Crippen molar-refractivity contribution in [3.63, 3.8) is 0 Å². The first kappa shape index (κ1) is 48.8. The van der Waals surface area contributed by atoms with Crippen LogP contribution < -0.4 is 15.8 Å². The fourth-order valence-electron chi connectivity index (χ4n) is 3.97. The van der Waals surface area contributed by atoms with Crippen LogP contribution in [0.4, 0.5) is 37.7 Å². The van der Waals surface area contributed by atoms with Crippen molar-refractivity contribution < 1.29 is 59.7 Å². The van der Waals surface area contributed by atoms with Crippen LogP contribution in [0.25, 0.3) is 5.69 Å². The number of carbonyl (C=O) groups is 4. The number of hydrogen-bond acceptors (Lipinski definition) is 12. The van der Waals surface area contributed by atoms with Gasteiger partial charge in [0.05, 0.1) is 75.4 Å². The van der Waals surface area contributed by atoms with E-state index in [4.69, 9.17) is 56.1 Å². The number of halogens is 10. The average molecular weight is 903 g/mol. The van der Waals surface area contributed by atoms with Gasteiger partial charge < -0.3 is 14.2 Å². The molecule has 3 aromatic carbocycles. The van der Waals surface area contributed by atoms with Crippen LogP contribution in [0.5, 0.6) is 0 Å². The molecule has 0 spiro atoms. The number of alkyl halides is 3. The molecular formula is C35H29Cl4F6N5O8. The van der Waals surface area contributed by atoms with E-state index in [9.17, 15) is 50.3 Å². The maximum atomic E-state index is 14.0. The SMILES string of the molecule is CCOC(=O)c1cc(-n2ncc(C)cc2=O)c(F)cc1Cl.CCOC(=O)c1cc(N/N=C\C(=O)C(F)(F)F)c(F)cc1Cl.CCOC(=O)c1cc(NCl)c(F)cc1Cl. The number of Topliss-reactive ketones (excluding diaryl/α,β-unsaturated/α-hetero) is 1. The fourth-order valence-corrected chi connectivity index (χ4v) is 4.79. The highest BCUT2D eigenvalue weighted by molar-refractivity contribution is 6.35. The van der Waals surface area contributed by atoms with E-state index in [0.29, 0.717) is 5.56 Å². The Bertz CT molecular complexity index is 2240. The molecule has 4 rings (SSSR count). The minimum Gasteiger partial charge on any atom is -0.462 e. The molecule has 312 valence electrons. The Morgan fingerprint density at radius 3 is 1.60 bits per heavy atom. The second-order valence-electron chi connectivity index (χ2n) is 10.7. The molecule has 0 aliphatic heterocycles. The summed E-state index contributed by atoms with van der Waals surface area (Å²) in [5.41, 5.74) is 1.24. The number of esters is 3. The zero-order valence-corrected chi connectivity index (χ0v) is 33.2. The quantitative estimate of drug-likeness (QED) is 0.0369. The third-order valence-corrected chi connectivity index (χ3v) is 7.69. The molecule has 0 bridgehead atoms. The molecule has 13 nitrogen and oxygen atoms in total. The monoisotopic (exact) mass is 901 g/mol. The van der Waals surface area contributed by atoms with E-state index < -0.39 is 58.6 Å². The van der Waals surface area contributed by atoms with Crippen molar-refractivity contribution in [2.24, 2.45) is 5.10 Å². The minimum atomic E-state index is -5.08. The summed E-state index contributed by atoms with van der Waals surface area (Å²) in [5, 5.41) is 6.48. The van der Waals surface area contributed by atoms with E-state index in [1.54, 1.807) is 27.7 Å². The highest BCUT2D eigenvalue weighted by Crippen LogP contribution is 2.27. The number of ketones is 1. The molecule has 4 aromatic rings. The lowest BCUT2D eigenvalue weighted by molar-refractivity contribution is -0.162. The van der Waals surface area contributed by atoms with Gasteiger partial charge in [-0.05, 0) is 69.7 Å². The van der Waals surface area contributed by atoms with E-state index in [1.807, 2.05) is 5.43 Å². The maximum Gasteiger partial charge on any atom is 0.455 e. The van der Waals surface area contributed by atoms with Crippen LogP contribution in [-0.2, 0) is 19.0 Å². The van der Waals surface area contributed by atoms with Crippen LogP contribution in [-0.4, -0.2) is 65.7 Å². The molecule has 0 atom stereocenters. The van der Waals surface area contributed by atoms with Crippen molar-refractivity contribution in [3.8, 4) is 5.69 Å². The largest absolute Gasteiger partial charge is 0.462 e. The van der Waals surface area contributed by atoms with E-state index in [0.717, 1.165) is 35.0 Å². The zero-order valence-electron chi connectivity index (χ0n) is 30.2. The summed E-state index contributed by atoms with van der Waals surface area (Å²) in [5.74, 6) is -6.74. The number of ether oxygens (including phenoxy) is 3. The summed E-state index contributed by atoms with van der Waals surface area (Å²) in [6, 6.07) is 7.28. The molecule has 0 aliphatic carbocycles.